The van der Waals surface area contributed by atoms with Gasteiger partial charge in [0.2, 0.25) is 0 Å². The van der Waals surface area contributed by atoms with Crippen molar-refractivity contribution in [3.05, 3.63) is 51.7 Å². The number of nitrogens with two attached hydrogens (primary N) is 1. The molecule has 1 unspecified atom stereocenters. The first kappa shape index (κ1) is 13.8. The van der Waals surface area contributed by atoms with E-state index in [0.717, 1.165) is 17.7 Å². The summed E-state index contributed by atoms with van der Waals surface area (Å²) in [6.45, 7) is 2.05. The summed E-state index contributed by atoms with van der Waals surface area (Å²) in [6, 6.07) is 8.62. The number of carbonyl (C=O) groups excluding carboxylic acids is 2. The van der Waals surface area contributed by atoms with E-state index in [1.54, 1.807) is 29.5 Å². The summed E-state index contributed by atoms with van der Waals surface area (Å²) in [6.07, 6.45) is 1.67. The summed E-state index contributed by atoms with van der Waals surface area (Å²) in [5.41, 5.74) is 7.10. The van der Waals surface area contributed by atoms with Gasteiger partial charge in [0.15, 0.2) is 0 Å². The zero-order valence-electron chi connectivity index (χ0n) is 11.7. The van der Waals surface area contributed by atoms with E-state index in [9.17, 15) is 9.59 Å². The van der Waals surface area contributed by atoms with Crippen molar-refractivity contribution in [1.29, 1.82) is 0 Å². The van der Waals surface area contributed by atoms with E-state index in [0.29, 0.717) is 16.8 Å². The zero-order valence-corrected chi connectivity index (χ0v) is 12.5. The van der Waals surface area contributed by atoms with E-state index in [1.807, 2.05) is 17.5 Å². The van der Waals surface area contributed by atoms with E-state index < -0.39 is 0 Å². The fraction of sp³-hybridized carbons (Fsp3) is 0.250. The molecule has 4 nitrogen and oxygen atoms in total. The number of anilines is 1. The van der Waals surface area contributed by atoms with Crippen LogP contribution < -0.4 is 5.73 Å². The normalized spacial score (nSPS) is 15.4. The van der Waals surface area contributed by atoms with E-state index >= 15 is 0 Å². The van der Waals surface area contributed by atoms with Gasteiger partial charge in [0.05, 0.1) is 17.2 Å². The Morgan fingerprint density at radius 2 is 1.95 bits per heavy atom. The molecule has 1 aromatic carbocycles. The number of rotatable bonds is 4. The number of fused-ring (bicyclic) bond motifs is 1. The van der Waals surface area contributed by atoms with Crippen LogP contribution >= 0.6 is 11.3 Å². The fourth-order valence-corrected chi connectivity index (χ4v) is 3.56. The van der Waals surface area contributed by atoms with E-state index in [1.165, 1.54) is 4.90 Å². The molecule has 0 bridgehead atoms. The second-order valence-corrected chi connectivity index (χ2v) is 6.08. The molecule has 0 saturated carbocycles. The summed E-state index contributed by atoms with van der Waals surface area (Å²) < 4.78 is 0. The summed E-state index contributed by atoms with van der Waals surface area (Å²) >= 11 is 1.57. The quantitative estimate of drug-likeness (QED) is 0.694. The van der Waals surface area contributed by atoms with Crippen LogP contribution in [0.3, 0.4) is 0 Å². The summed E-state index contributed by atoms with van der Waals surface area (Å²) in [4.78, 5) is 27.7. The van der Waals surface area contributed by atoms with E-state index in [-0.39, 0.29) is 17.9 Å². The third-order valence-corrected chi connectivity index (χ3v) is 4.66. The molecule has 2 amide bonds. The highest BCUT2D eigenvalue weighted by Crippen LogP contribution is 2.36. The third-order valence-electron chi connectivity index (χ3n) is 3.69. The number of carbonyl (C=O) groups is 2. The van der Waals surface area contributed by atoms with Gasteiger partial charge in [0.1, 0.15) is 0 Å². The molecule has 0 spiro atoms. The second kappa shape index (κ2) is 5.33. The number of nitrogens with zero attached hydrogens (tertiary/aromatic N) is 1. The van der Waals surface area contributed by atoms with Gasteiger partial charge in [-0.2, -0.15) is 0 Å². The van der Waals surface area contributed by atoms with Crippen molar-refractivity contribution in [1.82, 2.24) is 4.90 Å². The first-order chi connectivity index (χ1) is 10.1. The first-order valence-corrected chi connectivity index (χ1v) is 7.82. The monoisotopic (exact) mass is 300 g/mol. The van der Waals surface area contributed by atoms with Crippen LogP contribution in [0, 0.1) is 0 Å². The number of benzene rings is 1. The highest BCUT2D eigenvalue weighted by Gasteiger charge is 2.40. The number of amides is 2. The predicted octanol–water partition coefficient (Wildman–Crippen LogP) is 3.47. The molecular formula is C16H16N2O2S. The summed E-state index contributed by atoms with van der Waals surface area (Å²) in [5, 5.41) is 1.97. The minimum absolute atomic E-state index is 0.191. The Hall–Kier alpha value is -2.14. The molecule has 0 saturated heterocycles. The molecule has 0 radical (unpaired) electrons. The van der Waals surface area contributed by atoms with Crippen molar-refractivity contribution in [2.45, 2.75) is 25.8 Å². The molecule has 2 heterocycles. The smallest absolute Gasteiger partial charge is 0.262 e. The first-order valence-electron chi connectivity index (χ1n) is 6.94. The van der Waals surface area contributed by atoms with Crippen LogP contribution in [0.4, 0.5) is 5.69 Å². The maximum atomic E-state index is 12.6. The van der Waals surface area contributed by atoms with Crippen molar-refractivity contribution in [3.8, 4) is 0 Å². The van der Waals surface area contributed by atoms with Crippen molar-refractivity contribution < 1.29 is 9.59 Å². The summed E-state index contributed by atoms with van der Waals surface area (Å²) in [7, 11) is 0. The van der Waals surface area contributed by atoms with Crippen LogP contribution in [-0.2, 0) is 0 Å². The Morgan fingerprint density at radius 3 is 2.62 bits per heavy atom. The minimum Gasteiger partial charge on any atom is -0.399 e. The van der Waals surface area contributed by atoms with E-state index in [2.05, 4.69) is 6.92 Å². The third kappa shape index (κ3) is 2.23. The molecule has 1 aliphatic heterocycles. The van der Waals surface area contributed by atoms with Gasteiger partial charge in [0, 0.05) is 10.6 Å². The van der Waals surface area contributed by atoms with Crippen LogP contribution in [0.25, 0.3) is 0 Å². The van der Waals surface area contributed by atoms with Crippen LogP contribution in [0.1, 0.15) is 51.4 Å². The molecule has 3 rings (SSSR count). The molecule has 2 N–H and O–H groups in total. The molecule has 21 heavy (non-hydrogen) atoms. The predicted molar refractivity (Wildman–Crippen MR) is 83.3 cm³/mol. The molecule has 1 aromatic heterocycles. The average Bonchev–Trinajstić information content (AvgIpc) is 3.06. The lowest BCUT2D eigenvalue weighted by Gasteiger charge is -2.25. The molecule has 0 fully saturated rings. The lowest BCUT2D eigenvalue weighted by Crippen LogP contribution is -2.33. The number of nitrogen functional groups attached to an aromatic ring is 1. The fourth-order valence-electron chi connectivity index (χ4n) is 2.71. The number of thiophene rings is 1. The van der Waals surface area contributed by atoms with Crippen LogP contribution in [-0.4, -0.2) is 16.7 Å². The highest BCUT2D eigenvalue weighted by atomic mass is 32.1. The molecule has 1 aliphatic rings. The largest absolute Gasteiger partial charge is 0.399 e. The molecule has 5 heteroatoms. The Bertz CT molecular complexity index is 694. The second-order valence-electron chi connectivity index (χ2n) is 5.11. The molecule has 0 aliphatic carbocycles. The standard InChI is InChI=1S/C16H16N2O2S/c1-2-4-13(14-5-3-8-21-14)18-15(19)11-7-6-10(17)9-12(11)16(18)20/h3,5-9,13H,2,4,17H2,1H3. The van der Waals surface area contributed by atoms with Gasteiger partial charge >= 0.3 is 0 Å². The maximum absolute atomic E-state index is 12.6. The summed E-state index contributed by atoms with van der Waals surface area (Å²) in [5.74, 6) is -0.462. The van der Waals surface area contributed by atoms with Gasteiger partial charge in [0.25, 0.3) is 11.8 Å². The van der Waals surface area contributed by atoms with Gasteiger partial charge in [-0.15, -0.1) is 11.3 Å². The number of imide groups is 1. The molecular weight excluding hydrogens is 284 g/mol. The number of hydrogen-bond donors (Lipinski definition) is 1. The van der Waals surface area contributed by atoms with Crippen molar-refractivity contribution in [3.63, 3.8) is 0 Å². The van der Waals surface area contributed by atoms with Crippen LogP contribution in [0.2, 0.25) is 0 Å². The molecule has 2 aromatic rings. The Balaban J connectivity index is 2.03. The maximum Gasteiger partial charge on any atom is 0.262 e. The Labute approximate surface area is 127 Å². The van der Waals surface area contributed by atoms with Gasteiger partial charge < -0.3 is 5.73 Å². The van der Waals surface area contributed by atoms with Crippen molar-refractivity contribution >= 4 is 28.8 Å². The Kier molecular flexibility index (Phi) is 3.51. The lowest BCUT2D eigenvalue weighted by atomic mass is 10.1. The van der Waals surface area contributed by atoms with Crippen LogP contribution in [0.15, 0.2) is 35.7 Å². The van der Waals surface area contributed by atoms with Gasteiger partial charge in [-0.25, -0.2) is 0 Å². The molecule has 1 atom stereocenters. The van der Waals surface area contributed by atoms with Crippen molar-refractivity contribution in [2.75, 3.05) is 5.73 Å². The zero-order chi connectivity index (χ0) is 15.0. The van der Waals surface area contributed by atoms with Crippen molar-refractivity contribution in [2.24, 2.45) is 0 Å². The Morgan fingerprint density at radius 1 is 1.19 bits per heavy atom. The highest BCUT2D eigenvalue weighted by molar-refractivity contribution is 7.10. The number of hydrogen-bond acceptors (Lipinski definition) is 4. The van der Waals surface area contributed by atoms with Gasteiger partial charge in [-0.3, -0.25) is 14.5 Å². The SMILES string of the molecule is CCCC(c1cccs1)N1C(=O)c2ccc(N)cc2C1=O. The lowest BCUT2D eigenvalue weighted by molar-refractivity contribution is 0.0576. The van der Waals surface area contributed by atoms with E-state index in [4.69, 9.17) is 5.73 Å². The molecule has 108 valence electrons. The van der Waals surface area contributed by atoms with Crippen LogP contribution in [0.5, 0.6) is 0 Å². The topological polar surface area (TPSA) is 63.4 Å². The van der Waals surface area contributed by atoms with Gasteiger partial charge in [-0.1, -0.05) is 19.4 Å². The van der Waals surface area contributed by atoms with Gasteiger partial charge in [-0.05, 0) is 36.1 Å². The average molecular weight is 300 g/mol. The minimum atomic E-state index is -0.242.